The van der Waals surface area contributed by atoms with Gasteiger partial charge in [-0.1, -0.05) is 23.9 Å². The molecule has 3 aromatic rings. The van der Waals surface area contributed by atoms with Gasteiger partial charge in [0.2, 0.25) is 5.16 Å². The van der Waals surface area contributed by atoms with Gasteiger partial charge in [-0.2, -0.15) is 0 Å². The van der Waals surface area contributed by atoms with Crippen LogP contribution in [0.1, 0.15) is 0 Å². The van der Waals surface area contributed by atoms with Gasteiger partial charge in [-0.05, 0) is 12.1 Å². The maximum Gasteiger partial charge on any atom is 0.316 e. The lowest BCUT2D eigenvalue weighted by Crippen LogP contribution is -2.03. The monoisotopic (exact) mass is 274 g/mol. The molecule has 0 fully saturated rings. The summed E-state index contributed by atoms with van der Waals surface area (Å²) in [6.45, 7) is 0. The van der Waals surface area contributed by atoms with E-state index in [0.29, 0.717) is 5.16 Å². The molecule has 0 unspecified atom stereocenters. The minimum absolute atomic E-state index is 0.193. The van der Waals surface area contributed by atoms with E-state index in [0.717, 1.165) is 16.6 Å². The number of carbonyl (C=O) groups is 1. The highest BCUT2D eigenvalue weighted by Gasteiger charge is 2.10. The van der Waals surface area contributed by atoms with Crippen molar-refractivity contribution in [3.63, 3.8) is 0 Å². The van der Waals surface area contributed by atoms with Crippen LogP contribution in [0.15, 0.2) is 35.7 Å². The fraction of sp³-hybridized carbons (Fsp3) is 0.167. The highest BCUT2D eigenvalue weighted by molar-refractivity contribution is 7.99. The Hall–Kier alpha value is -2.15. The number of nitrogens with zero attached hydrogens (tertiary/aromatic N) is 4. The van der Waals surface area contributed by atoms with Gasteiger partial charge in [-0.15, -0.1) is 5.10 Å². The summed E-state index contributed by atoms with van der Waals surface area (Å²) in [6.07, 6.45) is 1.62. The number of benzene rings is 1. The lowest BCUT2D eigenvalue weighted by Gasteiger charge is -1.96. The second-order valence-electron chi connectivity index (χ2n) is 3.79. The van der Waals surface area contributed by atoms with Gasteiger partial charge < -0.3 is 4.74 Å². The molecule has 0 aliphatic heterocycles. The van der Waals surface area contributed by atoms with Crippen LogP contribution in [0, 0.1) is 0 Å². The summed E-state index contributed by atoms with van der Waals surface area (Å²) in [5.74, 6) is -0.106. The van der Waals surface area contributed by atoms with Crippen molar-refractivity contribution in [3.05, 3.63) is 30.6 Å². The van der Waals surface area contributed by atoms with Crippen LogP contribution in [0.3, 0.4) is 0 Å². The molecule has 96 valence electrons. The Bertz CT molecular complexity index is 756. The molecule has 0 saturated heterocycles. The van der Waals surface area contributed by atoms with E-state index < -0.39 is 0 Å². The Balaban J connectivity index is 2.00. The smallest absolute Gasteiger partial charge is 0.316 e. The number of carbonyl (C=O) groups excluding carboxylic acids is 1. The molecule has 0 N–H and O–H groups in total. The fourth-order valence-electron chi connectivity index (χ4n) is 1.70. The normalized spacial score (nSPS) is 11.0. The molecule has 0 atom stereocenters. The average molecular weight is 274 g/mol. The Labute approximate surface area is 112 Å². The number of ether oxygens (including phenoxy) is 1. The molecule has 0 bridgehead atoms. The first-order valence-corrected chi connectivity index (χ1v) is 6.56. The van der Waals surface area contributed by atoms with Crippen molar-refractivity contribution in [2.24, 2.45) is 0 Å². The molecule has 7 heteroatoms. The number of esters is 1. The minimum atomic E-state index is -0.299. The maximum atomic E-state index is 11.1. The summed E-state index contributed by atoms with van der Waals surface area (Å²) < 4.78 is 6.19. The van der Waals surface area contributed by atoms with Crippen LogP contribution in [0.4, 0.5) is 0 Å². The summed E-state index contributed by atoms with van der Waals surface area (Å²) in [6, 6.07) is 7.72. The van der Waals surface area contributed by atoms with Crippen molar-refractivity contribution in [3.8, 4) is 0 Å². The Morgan fingerprint density at radius 1 is 1.42 bits per heavy atom. The molecule has 0 saturated carbocycles. The highest BCUT2D eigenvalue weighted by atomic mass is 32.2. The number of rotatable bonds is 3. The van der Waals surface area contributed by atoms with Crippen LogP contribution >= 0.6 is 11.8 Å². The van der Waals surface area contributed by atoms with Gasteiger partial charge in [0.05, 0.1) is 18.4 Å². The quantitative estimate of drug-likeness (QED) is 0.533. The van der Waals surface area contributed by atoms with E-state index in [-0.39, 0.29) is 11.7 Å². The summed E-state index contributed by atoms with van der Waals surface area (Å²) in [5, 5.41) is 5.73. The van der Waals surface area contributed by atoms with Gasteiger partial charge in [0, 0.05) is 5.39 Å². The van der Waals surface area contributed by atoms with E-state index in [4.69, 9.17) is 0 Å². The van der Waals surface area contributed by atoms with Gasteiger partial charge in [-0.25, -0.2) is 14.5 Å². The lowest BCUT2D eigenvalue weighted by molar-refractivity contribution is -0.137. The van der Waals surface area contributed by atoms with Gasteiger partial charge in [0.25, 0.3) is 0 Å². The zero-order valence-corrected chi connectivity index (χ0v) is 10.9. The fourth-order valence-corrected chi connectivity index (χ4v) is 2.37. The van der Waals surface area contributed by atoms with Crippen molar-refractivity contribution >= 4 is 34.3 Å². The number of methoxy groups -OCH3 is 1. The van der Waals surface area contributed by atoms with Crippen LogP contribution in [-0.4, -0.2) is 38.4 Å². The van der Waals surface area contributed by atoms with Gasteiger partial charge in [0.15, 0.2) is 5.65 Å². The Kier molecular flexibility index (Phi) is 3.04. The molecule has 2 heterocycles. The van der Waals surface area contributed by atoms with E-state index in [1.807, 2.05) is 24.3 Å². The van der Waals surface area contributed by atoms with Crippen molar-refractivity contribution in [2.45, 2.75) is 5.16 Å². The first-order chi connectivity index (χ1) is 9.28. The topological polar surface area (TPSA) is 69.4 Å². The third kappa shape index (κ3) is 2.24. The third-order valence-corrected chi connectivity index (χ3v) is 3.42. The van der Waals surface area contributed by atoms with Crippen LogP contribution < -0.4 is 0 Å². The predicted molar refractivity (Wildman–Crippen MR) is 71.0 cm³/mol. The zero-order chi connectivity index (χ0) is 13.2. The van der Waals surface area contributed by atoms with E-state index in [2.05, 4.69) is 19.8 Å². The molecule has 0 spiro atoms. The van der Waals surface area contributed by atoms with E-state index in [1.54, 1.807) is 10.8 Å². The van der Waals surface area contributed by atoms with Crippen LogP contribution in [-0.2, 0) is 9.53 Å². The first kappa shape index (κ1) is 11.9. The van der Waals surface area contributed by atoms with E-state index in [9.17, 15) is 4.79 Å². The molecule has 0 radical (unpaired) electrons. The molecule has 6 nitrogen and oxygen atoms in total. The van der Waals surface area contributed by atoms with Crippen molar-refractivity contribution in [2.75, 3.05) is 12.9 Å². The molecule has 2 aromatic heterocycles. The van der Waals surface area contributed by atoms with Crippen molar-refractivity contribution < 1.29 is 9.53 Å². The molecular weight excluding hydrogens is 264 g/mol. The number of fused-ring (bicyclic) bond motifs is 3. The second-order valence-corrected chi connectivity index (χ2v) is 4.73. The van der Waals surface area contributed by atoms with Gasteiger partial charge in [-0.3, -0.25) is 4.79 Å². The molecular formula is C12H10N4O2S. The summed E-state index contributed by atoms with van der Waals surface area (Å²) >= 11 is 1.24. The summed E-state index contributed by atoms with van der Waals surface area (Å²) in [4.78, 5) is 19.8. The molecule has 3 rings (SSSR count). The molecule has 0 aliphatic rings. The molecule has 1 aromatic carbocycles. The maximum absolute atomic E-state index is 11.1. The van der Waals surface area contributed by atoms with Gasteiger partial charge >= 0.3 is 5.97 Å². The largest absolute Gasteiger partial charge is 0.468 e. The number of thioether (sulfide) groups is 1. The third-order valence-electron chi connectivity index (χ3n) is 2.61. The molecule has 0 amide bonds. The Morgan fingerprint density at radius 2 is 2.26 bits per heavy atom. The highest BCUT2D eigenvalue weighted by Crippen LogP contribution is 2.19. The zero-order valence-electron chi connectivity index (χ0n) is 10.1. The lowest BCUT2D eigenvalue weighted by atomic mass is 10.2. The summed E-state index contributed by atoms with van der Waals surface area (Å²) in [7, 11) is 1.36. The minimum Gasteiger partial charge on any atom is -0.468 e. The van der Waals surface area contributed by atoms with Crippen LogP contribution in [0.5, 0.6) is 0 Å². The van der Waals surface area contributed by atoms with Crippen molar-refractivity contribution in [1.29, 1.82) is 0 Å². The predicted octanol–water partition coefficient (Wildman–Crippen LogP) is 1.54. The Morgan fingerprint density at radius 3 is 3.11 bits per heavy atom. The number of para-hydroxylation sites is 1. The number of hydrogen-bond donors (Lipinski definition) is 0. The standard InChI is InChI=1S/C12H10N4O2S/c1-18-10(17)6-19-12-14-11-8-4-2-3-5-9(8)13-7-16(11)15-12/h2-5,7H,6H2,1H3. The van der Waals surface area contributed by atoms with Crippen LogP contribution in [0.25, 0.3) is 16.6 Å². The van der Waals surface area contributed by atoms with Crippen LogP contribution in [0.2, 0.25) is 0 Å². The van der Waals surface area contributed by atoms with E-state index in [1.165, 1.54) is 18.9 Å². The first-order valence-electron chi connectivity index (χ1n) is 5.57. The number of hydrogen-bond acceptors (Lipinski definition) is 6. The molecule has 0 aliphatic carbocycles. The van der Waals surface area contributed by atoms with Gasteiger partial charge in [0.1, 0.15) is 6.33 Å². The SMILES string of the molecule is COC(=O)CSc1nc2c3ccccc3ncn2n1. The van der Waals surface area contributed by atoms with Crippen molar-refractivity contribution in [1.82, 2.24) is 19.6 Å². The average Bonchev–Trinajstić information content (AvgIpc) is 2.88. The second kappa shape index (κ2) is 4.85. The molecule has 19 heavy (non-hydrogen) atoms. The summed E-state index contributed by atoms with van der Waals surface area (Å²) in [5.41, 5.74) is 1.60. The van der Waals surface area contributed by atoms with E-state index >= 15 is 0 Å². The number of aromatic nitrogens is 4.